The molecule has 1 heterocycles. The standard InChI is InChI=1S/C13H16N2O3/c1-9(17)15-7-11-3-2-10(6-12(11)8-15)13(18)14-4-5-16/h2-3,6,16H,4-5,7-8H2,1H3,(H,14,18). The first-order valence-electron chi connectivity index (χ1n) is 5.88. The summed E-state index contributed by atoms with van der Waals surface area (Å²) in [6.07, 6.45) is 0. The number of nitrogens with zero attached hydrogens (tertiary/aromatic N) is 1. The molecule has 0 saturated carbocycles. The van der Waals surface area contributed by atoms with Crippen molar-refractivity contribution in [3.05, 3.63) is 34.9 Å². The van der Waals surface area contributed by atoms with Crippen LogP contribution >= 0.6 is 0 Å². The highest BCUT2D eigenvalue weighted by atomic mass is 16.3. The molecule has 0 aromatic heterocycles. The van der Waals surface area contributed by atoms with Crippen molar-refractivity contribution in [1.82, 2.24) is 10.2 Å². The summed E-state index contributed by atoms with van der Waals surface area (Å²) in [7, 11) is 0. The summed E-state index contributed by atoms with van der Waals surface area (Å²) in [6, 6.07) is 5.44. The molecule has 0 atom stereocenters. The Kier molecular flexibility index (Phi) is 3.62. The van der Waals surface area contributed by atoms with Crippen molar-refractivity contribution in [1.29, 1.82) is 0 Å². The van der Waals surface area contributed by atoms with Crippen molar-refractivity contribution in [3.63, 3.8) is 0 Å². The summed E-state index contributed by atoms with van der Waals surface area (Å²) >= 11 is 0. The van der Waals surface area contributed by atoms with E-state index >= 15 is 0 Å². The maximum atomic E-state index is 11.7. The fourth-order valence-corrected chi connectivity index (χ4v) is 2.03. The lowest BCUT2D eigenvalue weighted by Crippen LogP contribution is -2.26. The molecule has 5 nitrogen and oxygen atoms in total. The van der Waals surface area contributed by atoms with Crippen LogP contribution in [0, 0.1) is 0 Å². The van der Waals surface area contributed by atoms with Crippen LogP contribution in [0.4, 0.5) is 0 Å². The third-order valence-corrected chi connectivity index (χ3v) is 3.03. The van der Waals surface area contributed by atoms with Gasteiger partial charge in [-0.25, -0.2) is 0 Å². The SMILES string of the molecule is CC(=O)N1Cc2ccc(C(=O)NCCO)cc2C1. The molecule has 0 fully saturated rings. The summed E-state index contributed by atoms with van der Waals surface area (Å²) in [5.74, 6) is -0.161. The van der Waals surface area contributed by atoms with Gasteiger partial charge in [-0.1, -0.05) is 6.07 Å². The summed E-state index contributed by atoms with van der Waals surface area (Å²) < 4.78 is 0. The van der Waals surface area contributed by atoms with E-state index in [9.17, 15) is 9.59 Å². The average Bonchev–Trinajstić information content (AvgIpc) is 2.78. The molecule has 1 aliphatic heterocycles. The van der Waals surface area contributed by atoms with Crippen LogP contribution in [0.3, 0.4) is 0 Å². The monoisotopic (exact) mass is 248 g/mol. The Morgan fingerprint density at radius 2 is 2.06 bits per heavy atom. The highest BCUT2D eigenvalue weighted by molar-refractivity contribution is 5.94. The first kappa shape index (κ1) is 12.6. The lowest BCUT2D eigenvalue weighted by molar-refractivity contribution is -0.129. The zero-order chi connectivity index (χ0) is 13.1. The number of carbonyl (C=O) groups excluding carboxylic acids is 2. The normalized spacial score (nSPS) is 13.3. The molecule has 2 rings (SSSR count). The second-order valence-electron chi connectivity index (χ2n) is 4.34. The van der Waals surface area contributed by atoms with E-state index < -0.39 is 0 Å². The van der Waals surface area contributed by atoms with E-state index in [1.165, 1.54) is 0 Å². The largest absolute Gasteiger partial charge is 0.395 e. The number of hydrogen-bond donors (Lipinski definition) is 2. The molecule has 0 radical (unpaired) electrons. The van der Waals surface area contributed by atoms with Crippen LogP contribution in [0.5, 0.6) is 0 Å². The van der Waals surface area contributed by atoms with Gasteiger partial charge in [-0.2, -0.15) is 0 Å². The third kappa shape index (κ3) is 2.51. The van der Waals surface area contributed by atoms with Crippen LogP contribution < -0.4 is 5.32 Å². The molecule has 2 N–H and O–H groups in total. The lowest BCUT2D eigenvalue weighted by Gasteiger charge is -2.11. The van der Waals surface area contributed by atoms with E-state index in [1.807, 2.05) is 12.1 Å². The third-order valence-electron chi connectivity index (χ3n) is 3.03. The summed E-state index contributed by atoms with van der Waals surface area (Å²) in [5, 5.41) is 11.3. The minimum absolute atomic E-state index is 0.0393. The van der Waals surface area contributed by atoms with Crippen molar-refractivity contribution in [2.24, 2.45) is 0 Å². The molecular formula is C13H16N2O3. The average molecular weight is 248 g/mol. The van der Waals surface area contributed by atoms with Crippen molar-refractivity contribution in [2.45, 2.75) is 20.0 Å². The molecule has 0 saturated heterocycles. The number of aliphatic hydroxyl groups excluding tert-OH is 1. The van der Waals surface area contributed by atoms with Gasteiger partial charge < -0.3 is 15.3 Å². The Morgan fingerprint density at radius 1 is 1.33 bits per heavy atom. The van der Waals surface area contributed by atoms with Gasteiger partial charge >= 0.3 is 0 Å². The summed E-state index contributed by atoms with van der Waals surface area (Å²) in [4.78, 5) is 24.7. The number of amides is 2. The van der Waals surface area contributed by atoms with E-state index in [4.69, 9.17) is 5.11 Å². The number of carbonyl (C=O) groups is 2. The van der Waals surface area contributed by atoms with Crippen molar-refractivity contribution >= 4 is 11.8 Å². The highest BCUT2D eigenvalue weighted by Gasteiger charge is 2.21. The Balaban J connectivity index is 2.13. The maximum Gasteiger partial charge on any atom is 0.251 e. The second kappa shape index (κ2) is 5.18. The van der Waals surface area contributed by atoms with Gasteiger partial charge in [-0.3, -0.25) is 9.59 Å². The number of benzene rings is 1. The summed E-state index contributed by atoms with van der Waals surface area (Å²) in [5.41, 5.74) is 2.67. The Labute approximate surface area is 105 Å². The Morgan fingerprint density at radius 3 is 2.72 bits per heavy atom. The molecule has 0 aliphatic carbocycles. The summed E-state index contributed by atoms with van der Waals surface area (Å²) in [6.45, 7) is 2.89. The zero-order valence-electron chi connectivity index (χ0n) is 10.3. The van der Waals surface area contributed by atoms with Crippen LogP contribution in [0.1, 0.15) is 28.4 Å². The molecule has 18 heavy (non-hydrogen) atoms. The number of aliphatic hydroxyl groups is 1. The number of rotatable bonds is 3. The highest BCUT2D eigenvalue weighted by Crippen LogP contribution is 2.23. The molecule has 1 aromatic carbocycles. The van der Waals surface area contributed by atoms with E-state index in [-0.39, 0.29) is 25.0 Å². The van der Waals surface area contributed by atoms with Crippen LogP contribution in [-0.4, -0.2) is 35.0 Å². The van der Waals surface area contributed by atoms with Gasteiger partial charge in [0.15, 0.2) is 0 Å². The molecule has 1 aromatic rings. The van der Waals surface area contributed by atoms with Gasteiger partial charge in [0.05, 0.1) is 6.61 Å². The van der Waals surface area contributed by atoms with Gasteiger partial charge in [-0.15, -0.1) is 0 Å². The van der Waals surface area contributed by atoms with Gasteiger partial charge in [0.2, 0.25) is 5.91 Å². The molecule has 96 valence electrons. The molecule has 5 heteroatoms. The van der Waals surface area contributed by atoms with Gasteiger partial charge in [0.25, 0.3) is 5.91 Å². The minimum atomic E-state index is -0.201. The predicted octanol–water partition coefficient (Wildman–Crippen LogP) is 0.271. The smallest absolute Gasteiger partial charge is 0.251 e. The quantitative estimate of drug-likeness (QED) is 0.806. The topological polar surface area (TPSA) is 69.6 Å². The molecule has 0 unspecified atom stereocenters. The molecule has 0 bridgehead atoms. The molecule has 0 spiro atoms. The molecule has 1 aliphatic rings. The van der Waals surface area contributed by atoms with Crippen LogP contribution in [0.2, 0.25) is 0 Å². The van der Waals surface area contributed by atoms with Crippen LogP contribution in [0.15, 0.2) is 18.2 Å². The zero-order valence-corrected chi connectivity index (χ0v) is 10.3. The fourth-order valence-electron chi connectivity index (χ4n) is 2.03. The van der Waals surface area contributed by atoms with E-state index in [0.717, 1.165) is 11.1 Å². The van der Waals surface area contributed by atoms with Crippen LogP contribution in [0.25, 0.3) is 0 Å². The molecular weight excluding hydrogens is 232 g/mol. The van der Waals surface area contributed by atoms with E-state index in [1.54, 1.807) is 17.9 Å². The second-order valence-corrected chi connectivity index (χ2v) is 4.34. The van der Waals surface area contributed by atoms with Gasteiger partial charge in [0.1, 0.15) is 0 Å². The van der Waals surface area contributed by atoms with Gasteiger partial charge in [0, 0.05) is 32.1 Å². The first-order chi connectivity index (χ1) is 8.61. The predicted molar refractivity (Wildman–Crippen MR) is 65.8 cm³/mol. The number of hydrogen-bond acceptors (Lipinski definition) is 3. The number of fused-ring (bicyclic) bond motifs is 1. The Hall–Kier alpha value is -1.88. The van der Waals surface area contributed by atoms with E-state index in [0.29, 0.717) is 18.7 Å². The van der Waals surface area contributed by atoms with E-state index in [2.05, 4.69) is 5.32 Å². The van der Waals surface area contributed by atoms with Crippen molar-refractivity contribution in [2.75, 3.05) is 13.2 Å². The fraction of sp³-hybridized carbons (Fsp3) is 0.385. The van der Waals surface area contributed by atoms with Gasteiger partial charge in [-0.05, 0) is 23.3 Å². The first-order valence-corrected chi connectivity index (χ1v) is 5.88. The number of nitrogens with one attached hydrogen (secondary N) is 1. The lowest BCUT2D eigenvalue weighted by atomic mass is 10.1. The Bertz CT molecular complexity index is 485. The minimum Gasteiger partial charge on any atom is -0.395 e. The maximum absolute atomic E-state index is 11.7. The molecule has 2 amide bonds. The van der Waals surface area contributed by atoms with Crippen LogP contribution in [-0.2, 0) is 17.9 Å². The van der Waals surface area contributed by atoms with Crippen molar-refractivity contribution < 1.29 is 14.7 Å². The van der Waals surface area contributed by atoms with Crippen molar-refractivity contribution in [3.8, 4) is 0 Å².